The van der Waals surface area contributed by atoms with Gasteiger partial charge in [-0.3, -0.25) is 4.79 Å². The molecule has 3 rings (SSSR count). The first kappa shape index (κ1) is 12.3. The van der Waals surface area contributed by atoms with Gasteiger partial charge in [-0.05, 0) is 35.9 Å². The highest BCUT2D eigenvalue weighted by Crippen LogP contribution is 2.32. The molecule has 0 saturated heterocycles. The summed E-state index contributed by atoms with van der Waals surface area (Å²) in [5.74, 6) is 1.05. The maximum Gasteiger partial charge on any atom is 0.231 e. The van der Waals surface area contributed by atoms with Crippen molar-refractivity contribution in [3.8, 4) is 17.2 Å². The highest BCUT2D eigenvalue weighted by atomic mass is 16.5. The van der Waals surface area contributed by atoms with E-state index in [4.69, 9.17) is 9.47 Å². The Hall–Kier alpha value is -2.75. The Labute approximate surface area is 115 Å². The highest BCUT2D eigenvalue weighted by molar-refractivity contribution is 6.14. The molecule has 0 bridgehead atoms. The van der Waals surface area contributed by atoms with E-state index in [1.54, 1.807) is 36.4 Å². The van der Waals surface area contributed by atoms with Gasteiger partial charge in [-0.25, -0.2) is 0 Å². The Bertz CT molecular complexity index is 716. The fourth-order valence-electron chi connectivity index (χ4n) is 2.08. The van der Waals surface area contributed by atoms with Crippen molar-refractivity contribution in [2.45, 2.75) is 0 Å². The molecular weight excluding hydrogens is 256 g/mol. The first-order valence-electron chi connectivity index (χ1n) is 6.09. The van der Waals surface area contributed by atoms with Crippen LogP contribution >= 0.6 is 0 Å². The predicted octanol–water partition coefficient (Wildman–Crippen LogP) is 3.02. The third-order valence-electron chi connectivity index (χ3n) is 3.08. The summed E-state index contributed by atoms with van der Waals surface area (Å²) < 4.78 is 10.5. The maximum absolute atomic E-state index is 12.1. The number of methoxy groups -OCH3 is 1. The Balaban J connectivity index is 1.95. The molecule has 20 heavy (non-hydrogen) atoms. The molecule has 100 valence electrons. The number of fused-ring (bicyclic) bond motifs is 1. The van der Waals surface area contributed by atoms with E-state index in [1.807, 2.05) is 6.07 Å². The first-order chi connectivity index (χ1) is 9.69. The van der Waals surface area contributed by atoms with Crippen LogP contribution in [0.2, 0.25) is 0 Å². The van der Waals surface area contributed by atoms with Crippen LogP contribution in [0.4, 0.5) is 0 Å². The smallest absolute Gasteiger partial charge is 0.231 e. The van der Waals surface area contributed by atoms with Crippen molar-refractivity contribution < 1.29 is 19.4 Å². The molecule has 0 fully saturated rings. The van der Waals surface area contributed by atoms with E-state index in [0.29, 0.717) is 22.6 Å². The van der Waals surface area contributed by atoms with E-state index < -0.39 is 0 Å². The number of ether oxygens (including phenoxy) is 2. The van der Waals surface area contributed by atoms with Crippen LogP contribution in [-0.2, 0) is 0 Å². The molecule has 1 heterocycles. The van der Waals surface area contributed by atoms with Gasteiger partial charge in [0.05, 0.1) is 12.7 Å². The molecule has 1 aliphatic heterocycles. The lowest BCUT2D eigenvalue weighted by atomic mass is 10.1. The zero-order valence-corrected chi connectivity index (χ0v) is 10.8. The predicted molar refractivity (Wildman–Crippen MR) is 74.0 cm³/mol. The van der Waals surface area contributed by atoms with Gasteiger partial charge in [-0.15, -0.1) is 0 Å². The Morgan fingerprint density at radius 3 is 2.70 bits per heavy atom. The molecule has 4 nitrogen and oxygen atoms in total. The SMILES string of the molecule is COc1ccc(/C=C2\Oc3ccccc3C2=O)cc1O. The zero-order chi connectivity index (χ0) is 14.1. The summed E-state index contributed by atoms with van der Waals surface area (Å²) in [7, 11) is 1.48. The summed E-state index contributed by atoms with van der Waals surface area (Å²) in [5.41, 5.74) is 1.22. The second kappa shape index (κ2) is 4.74. The van der Waals surface area contributed by atoms with Crippen LogP contribution in [0.3, 0.4) is 0 Å². The minimum absolute atomic E-state index is 0.0183. The van der Waals surface area contributed by atoms with E-state index in [2.05, 4.69) is 0 Å². The van der Waals surface area contributed by atoms with Crippen LogP contribution in [0.25, 0.3) is 6.08 Å². The Morgan fingerprint density at radius 1 is 1.20 bits per heavy atom. The average Bonchev–Trinajstić information content (AvgIpc) is 2.76. The van der Waals surface area contributed by atoms with Crippen LogP contribution in [0.1, 0.15) is 15.9 Å². The van der Waals surface area contributed by atoms with Gasteiger partial charge in [0.15, 0.2) is 17.3 Å². The molecule has 0 aromatic heterocycles. The van der Waals surface area contributed by atoms with Crippen molar-refractivity contribution in [1.82, 2.24) is 0 Å². The second-order valence-corrected chi connectivity index (χ2v) is 4.37. The van der Waals surface area contributed by atoms with Crippen LogP contribution in [0.5, 0.6) is 17.2 Å². The molecule has 0 saturated carbocycles. The van der Waals surface area contributed by atoms with Gasteiger partial charge in [0, 0.05) is 0 Å². The summed E-state index contributed by atoms with van der Waals surface area (Å²) in [4.78, 5) is 12.1. The highest BCUT2D eigenvalue weighted by Gasteiger charge is 2.26. The lowest BCUT2D eigenvalue weighted by Gasteiger charge is -2.04. The van der Waals surface area contributed by atoms with Crippen molar-refractivity contribution in [3.63, 3.8) is 0 Å². The second-order valence-electron chi connectivity index (χ2n) is 4.37. The first-order valence-corrected chi connectivity index (χ1v) is 6.09. The zero-order valence-electron chi connectivity index (χ0n) is 10.8. The summed E-state index contributed by atoms with van der Waals surface area (Å²) in [6.07, 6.45) is 1.60. The number of ketones is 1. The van der Waals surface area contributed by atoms with Gasteiger partial charge >= 0.3 is 0 Å². The molecule has 2 aromatic rings. The van der Waals surface area contributed by atoms with Crippen LogP contribution in [-0.4, -0.2) is 18.0 Å². The van der Waals surface area contributed by atoms with E-state index >= 15 is 0 Å². The van der Waals surface area contributed by atoms with E-state index in [-0.39, 0.29) is 17.3 Å². The summed E-state index contributed by atoms with van der Waals surface area (Å²) in [5, 5.41) is 9.72. The quantitative estimate of drug-likeness (QED) is 0.851. The van der Waals surface area contributed by atoms with Gasteiger partial charge in [0.1, 0.15) is 5.75 Å². The fraction of sp³-hybridized carbons (Fsp3) is 0.0625. The number of phenolic OH excluding ortho intramolecular Hbond substituents is 1. The van der Waals surface area contributed by atoms with Gasteiger partial charge < -0.3 is 14.6 Å². The number of hydrogen-bond donors (Lipinski definition) is 1. The molecule has 2 aromatic carbocycles. The Morgan fingerprint density at radius 2 is 2.00 bits per heavy atom. The van der Waals surface area contributed by atoms with Crippen LogP contribution in [0.15, 0.2) is 48.2 Å². The van der Waals surface area contributed by atoms with Crippen molar-refractivity contribution in [3.05, 3.63) is 59.4 Å². The third kappa shape index (κ3) is 2.01. The molecule has 1 N–H and O–H groups in total. The summed E-state index contributed by atoms with van der Waals surface area (Å²) >= 11 is 0. The lowest BCUT2D eigenvalue weighted by molar-refractivity contribution is 0.101. The molecule has 0 atom stereocenters. The number of phenols is 1. The van der Waals surface area contributed by atoms with Gasteiger partial charge in [-0.1, -0.05) is 18.2 Å². The van der Waals surface area contributed by atoms with Crippen molar-refractivity contribution in [2.75, 3.05) is 7.11 Å². The number of para-hydroxylation sites is 1. The molecule has 0 aliphatic carbocycles. The lowest BCUT2D eigenvalue weighted by Crippen LogP contribution is -1.98. The number of rotatable bonds is 2. The minimum atomic E-state index is -0.157. The molecular formula is C16H12O4. The van der Waals surface area contributed by atoms with E-state index in [9.17, 15) is 9.90 Å². The van der Waals surface area contributed by atoms with Crippen LogP contribution in [0, 0.1) is 0 Å². The molecule has 0 unspecified atom stereocenters. The minimum Gasteiger partial charge on any atom is -0.504 e. The topological polar surface area (TPSA) is 55.8 Å². The number of allylic oxidation sites excluding steroid dienone is 1. The molecule has 4 heteroatoms. The number of Topliss-reactive ketones (excluding diaryl/α,β-unsaturated/α-hetero) is 1. The number of benzene rings is 2. The number of carbonyl (C=O) groups is 1. The van der Waals surface area contributed by atoms with Gasteiger partial charge in [0.25, 0.3) is 0 Å². The van der Waals surface area contributed by atoms with Crippen LogP contribution < -0.4 is 9.47 Å². The van der Waals surface area contributed by atoms with Gasteiger partial charge in [0.2, 0.25) is 5.78 Å². The summed E-state index contributed by atoms with van der Waals surface area (Å²) in [6, 6.07) is 12.0. The monoisotopic (exact) mass is 268 g/mol. The third-order valence-corrected chi connectivity index (χ3v) is 3.08. The average molecular weight is 268 g/mol. The standard InChI is InChI=1S/C16H12O4/c1-19-14-7-6-10(8-12(14)17)9-15-16(18)11-4-2-3-5-13(11)20-15/h2-9,17H,1H3/b15-9-. The number of carbonyl (C=O) groups excluding carboxylic acids is 1. The van der Waals surface area contributed by atoms with E-state index in [0.717, 1.165) is 0 Å². The van der Waals surface area contributed by atoms with Crippen molar-refractivity contribution in [1.29, 1.82) is 0 Å². The maximum atomic E-state index is 12.1. The van der Waals surface area contributed by atoms with Crippen molar-refractivity contribution in [2.24, 2.45) is 0 Å². The number of aromatic hydroxyl groups is 1. The largest absolute Gasteiger partial charge is 0.504 e. The Kier molecular flexibility index (Phi) is 2.91. The normalized spacial score (nSPS) is 15.1. The van der Waals surface area contributed by atoms with E-state index in [1.165, 1.54) is 13.2 Å². The number of hydrogen-bond acceptors (Lipinski definition) is 4. The fourth-order valence-corrected chi connectivity index (χ4v) is 2.08. The summed E-state index contributed by atoms with van der Waals surface area (Å²) in [6.45, 7) is 0. The molecule has 0 spiro atoms. The molecule has 1 aliphatic rings. The molecule has 0 amide bonds. The molecule has 0 radical (unpaired) electrons. The van der Waals surface area contributed by atoms with Gasteiger partial charge in [-0.2, -0.15) is 0 Å². The van der Waals surface area contributed by atoms with Crippen molar-refractivity contribution >= 4 is 11.9 Å².